The lowest BCUT2D eigenvalue weighted by atomic mass is 10.1. The summed E-state index contributed by atoms with van der Waals surface area (Å²) in [5.74, 6) is 5.78. The first-order valence-corrected chi connectivity index (χ1v) is 6.60. The number of hydrogen-bond donors (Lipinski definition) is 2. The Morgan fingerprint density at radius 2 is 2.22 bits per heavy atom. The second kappa shape index (κ2) is 4.04. The topological polar surface area (TPSA) is 76.2 Å². The zero-order valence-corrected chi connectivity index (χ0v) is 11.2. The maximum Gasteiger partial charge on any atom is 0.263 e. The summed E-state index contributed by atoms with van der Waals surface area (Å²) >= 11 is 1.59. The van der Waals surface area contributed by atoms with Gasteiger partial charge in [-0.05, 0) is 19.0 Å². The predicted molar refractivity (Wildman–Crippen MR) is 72.7 cm³/mol. The highest BCUT2D eigenvalue weighted by Crippen LogP contribution is 2.32. The number of likely N-dealkylation sites (N-methyl/N-ethyl adjacent to an activating group) is 1. The number of anilines is 1. The van der Waals surface area contributed by atoms with Crippen LogP contribution in [0.2, 0.25) is 0 Å². The van der Waals surface area contributed by atoms with Gasteiger partial charge in [-0.15, -0.1) is 11.3 Å². The van der Waals surface area contributed by atoms with Gasteiger partial charge >= 0.3 is 0 Å². The highest BCUT2D eigenvalue weighted by atomic mass is 32.1. The number of rotatable bonds is 1. The molecule has 2 aromatic heterocycles. The smallest absolute Gasteiger partial charge is 0.263 e. The lowest BCUT2D eigenvalue weighted by Gasteiger charge is -2.21. The average Bonchev–Trinajstić information content (AvgIpc) is 2.70. The van der Waals surface area contributed by atoms with Crippen LogP contribution >= 0.6 is 11.3 Å². The zero-order valence-electron chi connectivity index (χ0n) is 10.4. The van der Waals surface area contributed by atoms with Gasteiger partial charge in [0.25, 0.3) is 5.56 Å². The summed E-state index contributed by atoms with van der Waals surface area (Å²) in [5.41, 5.74) is 3.62. The van der Waals surface area contributed by atoms with Crippen LogP contribution in [0.15, 0.2) is 4.79 Å². The van der Waals surface area contributed by atoms with Crippen molar-refractivity contribution < 1.29 is 0 Å². The number of nitrogens with two attached hydrogens (primary N) is 1. The number of nitrogen functional groups attached to an aromatic ring is 1. The Morgan fingerprint density at radius 3 is 2.94 bits per heavy atom. The van der Waals surface area contributed by atoms with Crippen LogP contribution in [0.1, 0.15) is 10.4 Å². The van der Waals surface area contributed by atoms with Gasteiger partial charge in [0, 0.05) is 25.0 Å². The van der Waals surface area contributed by atoms with Crippen molar-refractivity contribution in [3.8, 4) is 0 Å². The van der Waals surface area contributed by atoms with E-state index in [2.05, 4.69) is 22.4 Å². The Morgan fingerprint density at radius 1 is 1.44 bits per heavy atom. The Hall–Kier alpha value is -1.44. The number of hydrazine groups is 1. The molecule has 0 atom stereocenters. The van der Waals surface area contributed by atoms with Crippen LogP contribution in [-0.2, 0) is 20.0 Å². The van der Waals surface area contributed by atoms with Crippen molar-refractivity contribution in [1.82, 2.24) is 14.5 Å². The molecule has 0 bridgehead atoms. The third kappa shape index (κ3) is 1.55. The molecule has 6 nitrogen and oxygen atoms in total. The van der Waals surface area contributed by atoms with Gasteiger partial charge in [-0.2, -0.15) is 0 Å². The molecule has 0 radical (unpaired) electrons. The zero-order chi connectivity index (χ0) is 12.9. The van der Waals surface area contributed by atoms with Crippen molar-refractivity contribution in [3.63, 3.8) is 0 Å². The van der Waals surface area contributed by atoms with Crippen LogP contribution < -0.4 is 16.8 Å². The van der Waals surface area contributed by atoms with Gasteiger partial charge in [-0.1, -0.05) is 0 Å². The maximum absolute atomic E-state index is 12.3. The molecule has 3 rings (SSSR count). The van der Waals surface area contributed by atoms with Gasteiger partial charge in [0.15, 0.2) is 0 Å². The highest BCUT2D eigenvalue weighted by molar-refractivity contribution is 7.18. The molecule has 7 heteroatoms. The monoisotopic (exact) mass is 265 g/mol. The molecule has 0 spiro atoms. The summed E-state index contributed by atoms with van der Waals surface area (Å²) in [4.78, 5) is 21.0. The molecular formula is C11H15N5OS. The van der Waals surface area contributed by atoms with Gasteiger partial charge < -0.3 is 4.90 Å². The number of fused-ring (bicyclic) bond motifs is 3. The predicted octanol–water partition coefficient (Wildman–Crippen LogP) is 0.268. The molecule has 1 aliphatic rings. The van der Waals surface area contributed by atoms with Crippen molar-refractivity contribution in [2.75, 3.05) is 19.0 Å². The second-order valence-electron chi connectivity index (χ2n) is 4.62. The number of thiophene rings is 1. The van der Waals surface area contributed by atoms with Crippen LogP contribution in [0, 0.1) is 0 Å². The summed E-state index contributed by atoms with van der Waals surface area (Å²) in [7, 11) is 3.77. The summed E-state index contributed by atoms with van der Waals surface area (Å²) < 4.78 is 1.47. The van der Waals surface area contributed by atoms with E-state index in [1.807, 2.05) is 0 Å². The molecule has 0 unspecified atom stereocenters. The van der Waals surface area contributed by atoms with Crippen molar-refractivity contribution in [2.24, 2.45) is 12.9 Å². The minimum atomic E-state index is -0.0185. The molecule has 0 fully saturated rings. The number of nitrogens with zero attached hydrogens (tertiary/aromatic N) is 3. The van der Waals surface area contributed by atoms with Crippen molar-refractivity contribution in [3.05, 3.63) is 20.8 Å². The largest absolute Gasteiger partial charge is 0.301 e. The van der Waals surface area contributed by atoms with E-state index in [0.29, 0.717) is 5.95 Å². The number of aromatic nitrogens is 2. The van der Waals surface area contributed by atoms with Crippen LogP contribution in [0.25, 0.3) is 10.2 Å². The Kier molecular flexibility index (Phi) is 2.61. The van der Waals surface area contributed by atoms with Crippen LogP contribution in [0.3, 0.4) is 0 Å². The fourth-order valence-corrected chi connectivity index (χ4v) is 3.67. The van der Waals surface area contributed by atoms with Crippen LogP contribution in [0.5, 0.6) is 0 Å². The van der Waals surface area contributed by atoms with Gasteiger partial charge in [0.05, 0.1) is 5.39 Å². The Balaban J connectivity index is 2.33. The van der Waals surface area contributed by atoms with E-state index in [1.165, 1.54) is 15.0 Å². The summed E-state index contributed by atoms with van der Waals surface area (Å²) in [6, 6.07) is 0. The Bertz CT molecular complexity index is 674. The Labute approximate surface area is 108 Å². The molecule has 18 heavy (non-hydrogen) atoms. The van der Waals surface area contributed by atoms with Gasteiger partial charge in [-0.3, -0.25) is 14.8 Å². The fourth-order valence-electron chi connectivity index (χ4n) is 2.38. The molecule has 96 valence electrons. The van der Waals surface area contributed by atoms with Gasteiger partial charge in [0.2, 0.25) is 5.95 Å². The maximum atomic E-state index is 12.3. The molecule has 1 aliphatic heterocycles. The van der Waals surface area contributed by atoms with Crippen molar-refractivity contribution >= 4 is 27.5 Å². The van der Waals surface area contributed by atoms with Crippen molar-refractivity contribution in [1.29, 1.82) is 0 Å². The molecule has 3 heterocycles. The highest BCUT2D eigenvalue weighted by Gasteiger charge is 2.22. The molecule has 3 N–H and O–H groups in total. The van der Waals surface area contributed by atoms with Gasteiger partial charge in [-0.25, -0.2) is 10.8 Å². The molecule has 0 saturated heterocycles. The summed E-state index contributed by atoms with van der Waals surface area (Å²) in [6.45, 7) is 1.88. The molecular weight excluding hydrogens is 250 g/mol. The van der Waals surface area contributed by atoms with E-state index in [4.69, 9.17) is 5.84 Å². The SMILES string of the molecule is CN1CCc2c(sc3nc(NN)n(C)c(=O)c23)C1. The summed E-state index contributed by atoms with van der Waals surface area (Å²) in [6.07, 6.45) is 0.915. The van der Waals surface area contributed by atoms with E-state index in [0.717, 1.165) is 29.7 Å². The van der Waals surface area contributed by atoms with Crippen LogP contribution in [0.4, 0.5) is 5.95 Å². The lowest BCUT2D eigenvalue weighted by molar-refractivity contribution is 0.318. The average molecular weight is 265 g/mol. The molecule has 2 aromatic rings. The van der Waals surface area contributed by atoms with Crippen LogP contribution in [-0.4, -0.2) is 28.0 Å². The number of nitrogens with one attached hydrogen (secondary N) is 1. The molecule has 0 aliphatic carbocycles. The third-order valence-corrected chi connectivity index (χ3v) is 4.51. The first kappa shape index (κ1) is 11.6. The van der Waals surface area contributed by atoms with E-state index < -0.39 is 0 Å². The van der Waals surface area contributed by atoms with E-state index in [1.54, 1.807) is 18.4 Å². The minimum absolute atomic E-state index is 0.0185. The summed E-state index contributed by atoms with van der Waals surface area (Å²) in [5, 5.41) is 0.768. The van der Waals surface area contributed by atoms with Gasteiger partial charge in [0.1, 0.15) is 4.83 Å². The number of hydrogen-bond acceptors (Lipinski definition) is 6. The lowest BCUT2D eigenvalue weighted by Crippen LogP contribution is -2.27. The normalized spacial score (nSPS) is 15.9. The van der Waals surface area contributed by atoms with E-state index >= 15 is 0 Å². The van der Waals surface area contributed by atoms with Crippen molar-refractivity contribution in [2.45, 2.75) is 13.0 Å². The molecule has 0 amide bonds. The quantitative estimate of drug-likeness (QED) is 0.572. The fraction of sp³-hybridized carbons (Fsp3) is 0.455. The molecule has 0 saturated carbocycles. The first-order chi connectivity index (χ1) is 8.61. The van der Waals surface area contributed by atoms with E-state index in [-0.39, 0.29) is 5.56 Å². The third-order valence-electron chi connectivity index (χ3n) is 3.40. The standard InChI is InChI=1S/C11H15N5OS/c1-15-4-3-6-7(5-15)18-9-8(6)10(17)16(2)11(13-9)14-12/h3-5,12H2,1-2H3,(H,13,14). The molecule has 0 aromatic carbocycles. The first-order valence-electron chi connectivity index (χ1n) is 5.78. The second-order valence-corrected chi connectivity index (χ2v) is 5.70. The van der Waals surface area contributed by atoms with E-state index in [9.17, 15) is 4.79 Å². The minimum Gasteiger partial charge on any atom is -0.301 e.